The zero-order valence-corrected chi connectivity index (χ0v) is 9.01. The summed E-state index contributed by atoms with van der Waals surface area (Å²) in [5, 5.41) is 8.82. The van der Waals surface area contributed by atoms with Crippen LogP contribution in [0, 0.1) is 6.92 Å². The zero-order valence-electron chi connectivity index (χ0n) is 8.19. The Morgan fingerprint density at radius 2 is 2.36 bits per heavy atom. The van der Waals surface area contributed by atoms with Crippen LogP contribution in [0.4, 0.5) is 5.00 Å². The van der Waals surface area contributed by atoms with E-state index in [0.717, 1.165) is 27.8 Å². The molecule has 2 aromatic heterocycles. The fraction of sp³-hybridized carbons (Fsp3) is 0.333. The third kappa shape index (κ3) is 1.39. The Kier molecular flexibility index (Phi) is 2.25. The van der Waals surface area contributed by atoms with Gasteiger partial charge in [-0.1, -0.05) is 0 Å². The Morgan fingerprint density at radius 3 is 2.93 bits per heavy atom. The molecule has 2 heterocycles. The molecule has 0 aliphatic heterocycles. The van der Waals surface area contributed by atoms with Crippen molar-refractivity contribution in [2.75, 3.05) is 5.73 Å². The highest BCUT2D eigenvalue weighted by molar-refractivity contribution is 7.19. The molecular weight excluding hydrogens is 196 g/mol. The van der Waals surface area contributed by atoms with Crippen LogP contribution in [0.3, 0.4) is 0 Å². The summed E-state index contributed by atoms with van der Waals surface area (Å²) in [7, 11) is 0. The van der Waals surface area contributed by atoms with E-state index in [-0.39, 0.29) is 0 Å². The molecule has 2 N–H and O–H groups in total. The number of aryl methyl sites for hydroxylation is 2. The van der Waals surface area contributed by atoms with Crippen LogP contribution in [0.15, 0.2) is 12.4 Å². The van der Waals surface area contributed by atoms with Gasteiger partial charge in [-0.05, 0) is 25.5 Å². The minimum Gasteiger partial charge on any atom is -0.391 e. The molecule has 4 nitrogen and oxygen atoms in total. The van der Waals surface area contributed by atoms with Crippen LogP contribution >= 0.6 is 11.3 Å². The van der Waals surface area contributed by atoms with Crippen molar-refractivity contribution in [1.82, 2.24) is 14.8 Å². The lowest BCUT2D eigenvalue weighted by atomic mass is 10.3. The molecule has 0 unspecified atom stereocenters. The maximum absolute atomic E-state index is 5.74. The monoisotopic (exact) mass is 208 g/mol. The second kappa shape index (κ2) is 3.42. The van der Waals surface area contributed by atoms with E-state index in [1.54, 1.807) is 17.7 Å². The molecule has 0 aromatic carbocycles. The quantitative estimate of drug-likeness (QED) is 0.820. The summed E-state index contributed by atoms with van der Waals surface area (Å²) in [4.78, 5) is 1.11. The van der Waals surface area contributed by atoms with Crippen molar-refractivity contribution in [3.63, 3.8) is 0 Å². The van der Waals surface area contributed by atoms with Crippen LogP contribution in [0.25, 0.3) is 10.7 Å². The summed E-state index contributed by atoms with van der Waals surface area (Å²) in [6.45, 7) is 4.98. The van der Waals surface area contributed by atoms with Crippen molar-refractivity contribution in [3.8, 4) is 10.7 Å². The molecule has 0 amide bonds. The Bertz CT molecular complexity index is 443. The molecule has 0 saturated carbocycles. The summed E-state index contributed by atoms with van der Waals surface area (Å²) < 4.78 is 2.01. The second-order valence-electron chi connectivity index (χ2n) is 3.10. The van der Waals surface area contributed by atoms with Crippen molar-refractivity contribution in [2.24, 2.45) is 0 Å². The third-order valence-corrected chi connectivity index (χ3v) is 3.16. The number of nitrogen functional groups attached to an aromatic ring is 1. The maximum Gasteiger partial charge on any atom is 0.174 e. The predicted molar refractivity (Wildman–Crippen MR) is 58.2 cm³/mol. The maximum atomic E-state index is 5.74. The van der Waals surface area contributed by atoms with E-state index in [9.17, 15) is 0 Å². The molecule has 0 bridgehead atoms. The molecule has 0 fully saturated rings. The van der Waals surface area contributed by atoms with Crippen LogP contribution in [-0.4, -0.2) is 14.8 Å². The molecule has 0 radical (unpaired) electrons. The van der Waals surface area contributed by atoms with Crippen LogP contribution in [0.5, 0.6) is 0 Å². The Balaban J connectivity index is 2.53. The van der Waals surface area contributed by atoms with Gasteiger partial charge in [-0.2, -0.15) is 0 Å². The Labute approximate surface area is 86.4 Å². The van der Waals surface area contributed by atoms with Gasteiger partial charge in [0.05, 0.1) is 9.88 Å². The molecule has 14 heavy (non-hydrogen) atoms. The summed E-state index contributed by atoms with van der Waals surface area (Å²) in [5.41, 5.74) is 6.90. The van der Waals surface area contributed by atoms with E-state index in [2.05, 4.69) is 17.1 Å². The van der Waals surface area contributed by atoms with Gasteiger partial charge in [0.2, 0.25) is 0 Å². The molecule has 2 aromatic rings. The number of rotatable bonds is 2. The van der Waals surface area contributed by atoms with Crippen molar-refractivity contribution >= 4 is 16.3 Å². The Hall–Kier alpha value is -1.36. The van der Waals surface area contributed by atoms with Gasteiger partial charge < -0.3 is 10.3 Å². The molecule has 2 rings (SSSR count). The summed E-state index contributed by atoms with van der Waals surface area (Å²) >= 11 is 1.56. The predicted octanol–water partition coefficient (Wildman–Crippen LogP) is 1.92. The van der Waals surface area contributed by atoms with Crippen molar-refractivity contribution in [1.29, 1.82) is 0 Å². The molecule has 0 aliphatic carbocycles. The van der Waals surface area contributed by atoms with Crippen molar-refractivity contribution in [3.05, 3.63) is 18.0 Å². The lowest BCUT2D eigenvalue weighted by Crippen LogP contribution is -1.95. The lowest BCUT2D eigenvalue weighted by molar-refractivity contribution is 0.768. The van der Waals surface area contributed by atoms with Crippen molar-refractivity contribution < 1.29 is 0 Å². The Morgan fingerprint density at radius 1 is 1.57 bits per heavy atom. The summed E-state index contributed by atoms with van der Waals surface area (Å²) in [6, 6.07) is 1.97. The van der Waals surface area contributed by atoms with E-state index < -0.39 is 0 Å². The zero-order chi connectivity index (χ0) is 10.1. The van der Waals surface area contributed by atoms with Gasteiger partial charge in [-0.15, -0.1) is 21.5 Å². The first-order chi connectivity index (χ1) is 6.72. The van der Waals surface area contributed by atoms with Crippen LogP contribution < -0.4 is 5.73 Å². The van der Waals surface area contributed by atoms with Crippen LogP contribution in [0.2, 0.25) is 0 Å². The van der Waals surface area contributed by atoms with E-state index in [4.69, 9.17) is 5.73 Å². The van der Waals surface area contributed by atoms with Gasteiger partial charge in [0.15, 0.2) is 5.82 Å². The number of nitrogens with two attached hydrogens (primary N) is 1. The highest BCUT2D eigenvalue weighted by Gasteiger charge is 2.11. The topological polar surface area (TPSA) is 56.7 Å². The number of hydrogen-bond acceptors (Lipinski definition) is 4. The fourth-order valence-electron chi connectivity index (χ4n) is 1.39. The molecule has 5 heteroatoms. The number of nitrogens with zero attached hydrogens (tertiary/aromatic N) is 3. The molecule has 0 spiro atoms. The van der Waals surface area contributed by atoms with Gasteiger partial charge in [0.25, 0.3) is 0 Å². The smallest absolute Gasteiger partial charge is 0.174 e. The molecule has 74 valence electrons. The molecular formula is C9H12N4S. The average Bonchev–Trinajstić information content (AvgIpc) is 2.71. The number of anilines is 1. The minimum atomic E-state index is 0.822. The number of hydrogen-bond donors (Lipinski definition) is 1. The van der Waals surface area contributed by atoms with Crippen LogP contribution in [-0.2, 0) is 6.54 Å². The number of aromatic nitrogens is 3. The molecule has 0 aliphatic rings. The van der Waals surface area contributed by atoms with Gasteiger partial charge in [-0.3, -0.25) is 0 Å². The number of thiophene rings is 1. The van der Waals surface area contributed by atoms with Gasteiger partial charge in [-0.25, -0.2) is 0 Å². The average molecular weight is 208 g/mol. The van der Waals surface area contributed by atoms with Crippen molar-refractivity contribution in [2.45, 2.75) is 20.4 Å². The highest BCUT2D eigenvalue weighted by atomic mass is 32.1. The van der Waals surface area contributed by atoms with Crippen LogP contribution in [0.1, 0.15) is 12.5 Å². The third-order valence-electron chi connectivity index (χ3n) is 2.10. The van der Waals surface area contributed by atoms with E-state index in [0.29, 0.717) is 0 Å². The first-order valence-corrected chi connectivity index (χ1v) is 5.28. The van der Waals surface area contributed by atoms with E-state index in [1.165, 1.54) is 0 Å². The van der Waals surface area contributed by atoms with E-state index in [1.807, 2.05) is 17.6 Å². The SMILES string of the molecule is CCn1cnnc1-c1sc(N)cc1C. The van der Waals surface area contributed by atoms with Gasteiger partial charge in [0.1, 0.15) is 6.33 Å². The standard InChI is InChI=1S/C9H12N4S/c1-3-13-5-11-12-9(13)8-6(2)4-7(10)14-8/h4-5H,3,10H2,1-2H3. The first-order valence-electron chi connectivity index (χ1n) is 4.46. The minimum absolute atomic E-state index is 0.822. The largest absolute Gasteiger partial charge is 0.391 e. The molecule has 0 saturated heterocycles. The second-order valence-corrected chi connectivity index (χ2v) is 4.19. The molecule has 0 atom stereocenters. The summed E-state index contributed by atoms with van der Waals surface area (Å²) in [6.07, 6.45) is 1.74. The highest BCUT2D eigenvalue weighted by Crippen LogP contribution is 2.32. The first kappa shape index (κ1) is 9.21. The summed E-state index contributed by atoms with van der Waals surface area (Å²) in [5.74, 6) is 0.909. The fourth-order valence-corrected chi connectivity index (χ4v) is 2.33. The van der Waals surface area contributed by atoms with Gasteiger partial charge >= 0.3 is 0 Å². The van der Waals surface area contributed by atoms with Gasteiger partial charge in [0, 0.05) is 6.54 Å². The lowest BCUT2D eigenvalue weighted by Gasteiger charge is -2.00. The van der Waals surface area contributed by atoms with E-state index >= 15 is 0 Å². The normalized spacial score (nSPS) is 10.7.